The van der Waals surface area contributed by atoms with Crippen LogP contribution in [0.25, 0.3) is 27.5 Å². The maximum atomic E-state index is 12.7. The average molecular weight is 381 g/mol. The van der Waals surface area contributed by atoms with Crippen LogP contribution in [-0.4, -0.2) is 25.7 Å². The molecule has 5 rings (SSSR count). The van der Waals surface area contributed by atoms with E-state index in [9.17, 15) is 9.59 Å². The molecule has 0 spiro atoms. The molecule has 0 aliphatic rings. The maximum Gasteiger partial charge on any atom is 0.265 e. The fourth-order valence-corrected chi connectivity index (χ4v) is 3.25. The minimum atomic E-state index is -0.233. The summed E-state index contributed by atoms with van der Waals surface area (Å²) >= 11 is 0. The molecule has 29 heavy (non-hydrogen) atoms. The van der Waals surface area contributed by atoms with Crippen LogP contribution in [0.1, 0.15) is 10.4 Å². The van der Waals surface area contributed by atoms with E-state index in [1.807, 2.05) is 30.3 Å². The van der Waals surface area contributed by atoms with Crippen molar-refractivity contribution in [1.82, 2.24) is 19.7 Å². The van der Waals surface area contributed by atoms with Crippen molar-refractivity contribution in [3.63, 3.8) is 0 Å². The number of rotatable bonds is 3. The van der Waals surface area contributed by atoms with E-state index in [1.54, 1.807) is 42.6 Å². The summed E-state index contributed by atoms with van der Waals surface area (Å²) in [6.45, 7) is 0. The third-order valence-corrected chi connectivity index (χ3v) is 4.77. The SMILES string of the molecule is O=C(Nc1ccc2[nH]ncc2c1)c1ccc(-n2cnc3ccccc3c2=O)cc1. The van der Waals surface area contributed by atoms with Crippen molar-refractivity contribution in [3.8, 4) is 5.69 Å². The normalized spacial score (nSPS) is 11.0. The molecule has 2 aromatic heterocycles. The van der Waals surface area contributed by atoms with E-state index < -0.39 is 0 Å². The largest absolute Gasteiger partial charge is 0.322 e. The van der Waals surface area contributed by atoms with E-state index in [0.29, 0.717) is 27.8 Å². The number of fused-ring (bicyclic) bond motifs is 2. The highest BCUT2D eigenvalue weighted by molar-refractivity contribution is 6.05. The van der Waals surface area contributed by atoms with Crippen molar-refractivity contribution < 1.29 is 4.79 Å². The molecule has 0 saturated heterocycles. The summed E-state index contributed by atoms with van der Waals surface area (Å²) in [4.78, 5) is 29.6. The Kier molecular flexibility index (Phi) is 3.91. The molecule has 0 radical (unpaired) electrons. The molecule has 0 aliphatic carbocycles. The number of para-hydroxylation sites is 1. The van der Waals surface area contributed by atoms with Crippen LogP contribution in [0.5, 0.6) is 0 Å². The molecule has 1 amide bonds. The third kappa shape index (κ3) is 3.04. The number of hydrogen-bond donors (Lipinski definition) is 2. The first kappa shape index (κ1) is 16.9. The zero-order valence-electron chi connectivity index (χ0n) is 15.2. The van der Waals surface area contributed by atoms with Crippen molar-refractivity contribution in [2.45, 2.75) is 0 Å². The second-order valence-electron chi connectivity index (χ2n) is 6.61. The van der Waals surface area contributed by atoms with Crippen molar-refractivity contribution in [1.29, 1.82) is 0 Å². The molecular formula is C22H15N5O2. The van der Waals surface area contributed by atoms with Crippen LogP contribution >= 0.6 is 0 Å². The number of H-pyrrole nitrogens is 1. The molecule has 0 unspecified atom stereocenters. The number of aromatic nitrogens is 4. The number of nitrogens with zero attached hydrogens (tertiary/aromatic N) is 3. The summed E-state index contributed by atoms with van der Waals surface area (Å²) in [6, 6.07) is 19.6. The molecule has 5 aromatic rings. The molecule has 0 atom stereocenters. The molecule has 3 aromatic carbocycles. The Morgan fingerprint density at radius 3 is 2.69 bits per heavy atom. The molecule has 7 nitrogen and oxygen atoms in total. The van der Waals surface area contributed by atoms with Gasteiger partial charge in [-0.2, -0.15) is 5.10 Å². The van der Waals surface area contributed by atoms with Crippen molar-refractivity contribution in [3.05, 3.63) is 95.2 Å². The van der Waals surface area contributed by atoms with Gasteiger partial charge in [-0.3, -0.25) is 19.3 Å². The van der Waals surface area contributed by atoms with E-state index in [1.165, 1.54) is 10.9 Å². The van der Waals surface area contributed by atoms with Gasteiger partial charge in [0.15, 0.2) is 0 Å². The summed E-state index contributed by atoms with van der Waals surface area (Å²) in [6.07, 6.45) is 3.20. The van der Waals surface area contributed by atoms with Crippen LogP contribution in [0.4, 0.5) is 5.69 Å². The van der Waals surface area contributed by atoms with Crippen LogP contribution in [0.2, 0.25) is 0 Å². The lowest BCUT2D eigenvalue weighted by Gasteiger charge is -2.09. The molecule has 0 fully saturated rings. The zero-order chi connectivity index (χ0) is 19.8. The van der Waals surface area contributed by atoms with Crippen LogP contribution in [-0.2, 0) is 0 Å². The van der Waals surface area contributed by atoms with Gasteiger partial charge in [-0.25, -0.2) is 4.98 Å². The third-order valence-electron chi connectivity index (χ3n) is 4.77. The first-order valence-corrected chi connectivity index (χ1v) is 9.00. The van der Waals surface area contributed by atoms with E-state index in [2.05, 4.69) is 20.5 Å². The van der Waals surface area contributed by atoms with Gasteiger partial charge >= 0.3 is 0 Å². The molecular weight excluding hydrogens is 366 g/mol. The summed E-state index contributed by atoms with van der Waals surface area (Å²) in [5, 5.41) is 11.2. The van der Waals surface area contributed by atoms with Crippen LogP contribution in [0.15, 0.2) is 84.0 Å². The lowest BCUT2D eigenvalue weighted by Crippen LogP contribution is -2.19. The fraction of sp³-hybridized carbons (Fsp3) is 0. The summed E-state index contributed by atoms with van der Waals surface area (Å²) in [5.41, 5.74) is 3.22. The molecule has 2 N–H and O–H groups in total. The standard InChI is InChI=1S/C22H15N5O2/c28-21(25-16-7-10-19-15(11-16)12-24-26-19)14-5-8-17(9-6-14)27-13-23-20-4-2-1-3-18(20)22(27)29/h1-13H,(H,24,26)(H,25,28). The Morgan fingerprint density at radius 2 is 1.83 bits per heavy atom. The Morgan fingerprint density at radius 1 is 1.00 bits per heavy atom. The smallest absolute Gasteiger partial charge is 0.265 e. The van der Waals surface area contributed by atoms with Gasteiger partial charge in [-0.15, -0.1) is 0 Å². The Bertz CT molecular complexity index is 1420. The fourth-order valence-electron chi connectivity index (χ4n) is 3.25. The molecule has 7 heteroatoms. The van der Waals surface area contributed by atoms with E-state index >= 15 is 0 Å². The Balaban J connectivity index is 1.41. The van der Waals surface area contributed by atoms with Gasteiger partial charge in [0.05, 0.1) is 28.3 Å². The molecule has 0 aliphatic heterocycles. The minimum Gasteiger partial charge on any atom is -0.322 e. The second-order valence-corrected chi connectivity index (χ2v) is 6.61. The molecule has 140 valence electrons. The Hall–Kier alpha value is -4.26. The number of carbonyl (C=O) groups excluding carboxylic acids is 1. The quantitative estimate of drug-likeness (QED) is 0.500. The van der Waals surface area contributed by atoms with Gasteiger partial charge in [0.2, 0.25) is 0 Å². The average Bonchev–Trinajstić information content (AvgIpc) is 3.22. The highest BCUT2D eigenvalue weighted by atomic mass is 16.1. The minimum absolute atomic E-state index is 0.152. The highest BCUT2D eigenvalue weighted by Crippen LogP contribution is 2.18. The van der Waals surface area contributed by atoms with Gasteiger partial charge in [0.25, 0.3) is 11.5 Å². The van der Waals surface area contributed by atoms with Crippen LogP contribution in [0, 0.1) is 0 Å². The van der Waals surface area contributed by atoms with Crippen molar-refractivity contribution in [2.24, 2.45) is 0 Å². The summed E-state index contributed by atoms with van der Waals surface area (Å²) in [5.74, 6) is -0.233. The second kappa shape index (κ2) is 6.72. The lowest BCUT2D eigenvalue weighted by atomic mass is 10.1. The van der Waals surface area contributed by atoms with E-state index in [0.717, 1.165) is 10.9 Å². The number of nitrogens with one attached hydrogen (secondary N) is 2. The predicted octanol–water partition coefficient (Wildman–Crippen LogP) is 3.51. The molecule has 0 bridgehead atoms. The lowest BCUT2D eigenvalue weighted by molar-refractivity contribution is 0.102. The number of anilines is 1. The van der Waals surface area contributed by atoms with Gasteiger partial charge < -0.3 is 5.32 Å². The van der Waals surface area contributed by atoms with Gasteiger partial charge in [0, 0.05) is 16.6 Å². The highest BCUT2D eigenvalue weighted by Gasteiger charge is 2.09. The summed E-state index contributed by atoms with van der Waals surface area (Å²) < 4.78 is 1.47. The van der Waals surface area contributed by atoms with Gasteiger partial charge in [-0.05, 0) is 54.6 Å². The van der Waals surface area contributed by atoms with Gasteiger partial charge in [0.1, 0.15) is 6.33 Å². The first-order chi connectivity index (χ1) is 14.2. The number of hydrogen-bond acceptors (Lipinski definition) is 4. The van der Waals surface area contributed by atoms with E-state index in [4.69, 9.17) is 0 Å². The zero-order valence-corrected chi connectivity index (χ0v) is 15.2. The summed E-state index contributed by atoms with van der Waals surface area (Å²) in [7, 11) is 0. The van der Waals surface area contributed by atoms with Gasteiger partial charge in [-0.1, -0.05) is 12.1 Å². The Labute approximate surface area is 164 Å². The van der Waals surface area contributed by atoms with Crippen molar-refractivity contribution >= 4 is 33.4 Å². The molecule has 2 heterocycles. The first-order valence-electron chi connectivity index (χ1n) is 9.00. The monoisotopic (exact) mass is 381 g/mol. The topological polar surface area (TPSA) is 92.7 Å². The van der Waals surface area contributed by atoms with Crippen LogP contribution < -0.4 is 10.9 Å². The van der Waals surface area contributed by atoms with Crippen LogP contribution in [0.3, 0.4) is 0 Å². The van der Waals surface area contributed by atoms with Crippen molar-refractivity contribution in [2.75, 3.05) is 5.32 Å². The number of aromatic amines is 1. The van der Waals surface area contributed by atoms with E-state index in [-0.39, 0.29) is 11.5 Å². The molecule has 0 saturated carbocycles. The predicted molar refractivity (Wildman–Crippen MR) is 111 cm³/mol. The number of carbonyl (C=O) groups is 1. The maximum absolute atomic E-state index is 12.7. The number of amides is 1. The number of benzene rings is 3.